The zero-order valence-corrected chi connectivity index (χ0v) is 11.4. The normalized spacial score (nSPS) is 10.2. The summed E-state index contributed by atoms with van der Waals surface area (Å²) in [5, 5.41) is 1.05. The average molecular weight is 322 g/mol. The van der Waals surface area contributed by atoms with Gasteiger partial charge in [-0.2, -0.15) is 0 Å². The van der Waals surface area contributed by atoms with E-state index in [-0.39, 0.29) is 0 Å². The average Bonchev–Trinajstić information content (AvgIpc) is 2.19. The van der Waals surface area contributed by atoms with E-state index in [1.54, 1.807) is 0 Å². The third kappa shape index (κ3) is 3.62. The molecule has 0 aliphatic carbocycles. The Morgan fingerprint density at radius 2 is 2.07 bits per heavy atom. The quantitative estimate of drug-likeness (QED) is 0.580. The van der Waals surface area contributed by atoms with Crippen LogP contribution in [0.5, 0.6) is 5.75 Å². The van der Waals surface area contributed by atoms with Crippen molar-refractivity contribution in [3.63, 3.8) is 0 Å². The summed E-state index contributed by atoms with van der Waals surface area (Å²) in [5.74, 6) is 0.981. The van der Waals surface area contributed by atoms with Crippen molar-refractivity contribution in [3.8, 4) is 5.75 Å². The van der Waals surface area contributed by atoms with E-state index in [1.807, 2.05) is 18.2 Å². The Labute approximate surface area is 102 Å². The number of halogens is 2. The van der Waals surface area contributed by atoms with Crippen molar-refractivity contribution in [2.75, 3.05) is 11.9 Å². The van der Waals surface area contributed by atoms with Gasteiger partial charge in [0, 0.05) is 15.4 Å². The zero-order chi connectivity index (χ0) is 10.4. The lowest BCUT2D eigenvalue weighted by Crippen LogP contribution is -1.99. The van der Waals surface area contributed by atoms with Crippen molar-refractivity contribution in [2.24, 2.45) is 0 Å². The number of unbranched alkanes of at least 4 members (excludes halogenated alkanes) is 1. The van der Waals surface area contributed by atoms with E-state index in [1.165, 1.54) is 5.56 Å². The number of alkyl halides is 1. The Morgan fingerprint density at radius 3 is 2.79 bits per heavy atom. The van der Waals surface area contributed by atoms with Crippen LogP contribution >= 0.6 is 31.9 Å². The van der Waals surface area contributed by atoms with Gasteiger partial charge in [-0.05, 0) is 31.9 Å². The molecule has 0 atom stereocenters. The van der Waals surface area contributed by atoms with Gasteiger partial charge in [0.1, 0.15) is 5.75 Å². The molecule has 0 aliphatic rings. The van der Waals surface area contributed by atoms with Gasteiger partial charge < -0.3 is 4.74 Å². The van der Waals surface area contributed by atoms with Crippen LogP contribution in [0.1, 0.15) is 18.4 Å². The van der Waals surface area contributed by atoms with Gasteiger partial charge in [0.2, 0.25) is 0 Å². The topological polar surface area (TPSA) is 9.23 Å². The molecule has 78 valence electrons. The number of rotatable bonds is 5. The number of benzene rings is 1. The fraction of sp³-hybridized carbons (Fsp3) is 0.455. The highest BCUT2D eigenvalue weighted by Crippen LogP contribution is 2.25. The minimum Gasteiger partial charge on any atom is -0.493 e. The van der Waals surface area contributed by atoms with Crippen LogP contribution < -0.4 is 4.74 Å². The third-order valence-corrected chi connectivity index (χ3v) is 3.42. The van der Waals surface area contributed by atoms with Crippen molar-refractivity contribution in [2.45, 2.75) is 19.8 Å². The highest BCUT2D eigenvalue weighted by atomic mass is 79.9. The van der Waals surface area contributed by atoms with Crippen molar-refractivity contribution in [1.29, 1.82) is 0 Å². The predicted octanol–water partition coefficient (Wildman–Crippen LogP) is 4.31. The number of hydrogen-bond donors (Lipinski definition) is 0. The van der Waals surface area contributed by atoms with E-state index in [9.17, 15) is 0 Å². The number of ether oxygens (including phenoxy) is 1. The Morgan fingerprint density at radius 1 is 1.29 bits per heavy atom. The lowest BCUT2D eigenvalue weighted by molar-refractivity contribution is 0.308. The Hall–Kier alpha value is -0.0200. The summed E-state index contributed by atoms with van der Waals surface area (Å²) in [6.07, 6.45) is 2.25. The molecule has 0 N–H and O–H groups in total. The van der Waals surface area contributed by atoms with Gasteiger partial charge >= 0.3 is 0 Å². The molecule has 0 aliphatic heterocycles. The summed E-state index contributed by atoms with van der Waals surface area (Å²) in [5.41, 5.74) is 1.17. The minimum absolute atomic E-state index is 0.795. The third-order valence-electron chi connectivity index (χ3n) is 2.00. The van der Waals surface area contributed by atoms with Crippen molar-refractivity contribution in [1.82, 2.24) is 0 Å². The molecule has 1 rings (SSSR count). The first-order valence-corrected chi connectivity index (χ1v) is 6.61. The number of hydrogen-bond acceptors (Lipinski definition) is 1. The fourth-order valence-electron chi connectivity index (χ4n) is 1.12. The molecule has 1 nitrogen and oxygen atoms in total. The maximum atomic E-state index is 5.67. The van der Waals surface area contributed by atoms with E-state index in [0.29, 0.717) is 0 Å². The Kier molecular flexibility index (Phi) is 5.56. The Bertz CT molecular complexity index is 287. The summed E-state index contributed by atoms with van der Waals surface area (Å²) in [7, 11) is 0. The first-order chi connectivity index (χ1) is 6.75. The second-order valence-electron chi connectivity index (χ2n) is 3.11. The van der Waals surface area contributed by atoms with Crippen LogP contribution in [0.15, 0.2) is 22.7 Å². The maximum absolute atomic E-state index is 5.67. The minimum atomic E-state index is 0.795. The zero-order valence-electron chi connectivity index (χ0n) is 8.22. The molecule has 0 radical (unpaired) electrons. The van der Waals surface area contributed by atoms with Gasteiger partial charge in [-0.25, -0.2) is 0 Å². The molecule has 0 unspecified atom stereocenters. The van der Waals surface area contributed by atoms with E-state index in [4.69, 9.17) is 4.74 Å². The molecular weight excluding hydrogens is 308 g/mol. The SMILES string of the molecule is Cc1c(Br)cccc1OCCCCBr. The van der Waals surface area contributed by atoms with Crippen molar-refractivity contribution in [3.05, 3.63) is 28.2 Å². The van der Waals surface area contributed by atoms with Crippen LogP contribution in [0.3, 0.4) is 0 Å². The Balaban J connectivity index is 2.46. The molecule has 0 spiro atoms. The van der Waals surface area contributed by atoms with Crippen LogP contribution in [0.2, 0.25) is 0 Å². The summed E-state index contributed by atoms with van der Waals surface area (Å²) >= 11 is 6.88. The first-order valence-electron chi connectivity index (χ1n) is 4.69. The highest BCUT2D eigenvalue weighted by molar-refractivity contribution is 9.10. The highest BCUT2D eigenvalue weighted by Gasteiger charge is 2.01. The molecule has 0 aromatic heterocycles. The summed E-state index contributed by atoms with van der Waals surface area (Å²) in [6.45, 7) is 2.85. The second-order valence-corrected chi connectivity index (χ2v) is 4.75. The lowest BCUT2D eigenvalue weighted by atomic mass is 10.2. The molecule has 14 heavy (non-hydrogen) atoms. The van der Waals surface area contributed by atoms with E-state index in [2.05, 4.69) is 38.8 Å². The molecule has 1 aromatic rings. The molecule has 0 heterocycles. The predicted molar refractivity (Wildman–Crippen MR) is 67.4 cm³/mol. The molecule has 0 fully saturated rings. The van der Waals surface area contributed by atoms with Gasteiger partial charge in [-0.3, -0.25) is 0 Å². The molecule has 0 bridgehead atoms. The van der Waals surface area contributed by atoms with E-state index < -0.39 is 0 Å². The summed E-state index contributed by atoms with van der Waals surface area (Å²) < 4.78 is 6.78. The van der Waals surface area contributed by atoms with Gasteiger partial charge in [0.05, 0.1) is 6.61 Å². The monoisotopic (exact) mass is 320 g/mol. The smallest absolute Gasteiger partial charge is 0.123 e. The van der Waals surface area contributed by atoms with Gasteiger partial charge in [0.15, 0.2) is 0 Å². The van der Waals surface area contributed by atoms with Gasteiger partial charge in [0.25, 0.3) is 0 Å². The second kappa shape index (κ2) is 6.46. The van der Waals surface area contributed by atoms with Crippen LogP contribution in [-0.4, -0.2) is 11.9 Å². The molecule has 0 saturated heterocycles. The largest absolute Gasteiger partial charge is 0.493 e. The molecule has 0 amide bonds. The molecular formula is C11H14Br2O. The standard InChI is InChI=1S/C11H14Br2O/c1-9-10(13)5-4-6-11(9)14-8-3-2-7-12/h4-6H,2-3,7-8H2,1H3. The molecule has 3 heteroatoms. The van der Waals surface area contributed by atoms with Gasteiger partial charge in [-0.15, -0.1) is 0 Å². The first kappa shape index (κ1) is 12.1. The van der Waals surface area contributed by atoms with Crippen molar-refractivity contribution < 1.29 is 4.74 Å². The molecule has 0 saturated carbocycles. The van der Waals surface area contributed by atoms with E-state index in [0.717, 1.165) is 35.0 Å². The maximum Gasteiger partial charge on any atom is 0.123 e. The van der Waals surface area contributed by atoms with Gasteiger partial charge in [-0.1, -0.05) is 37.9 Å². The van der Waals surface area contributed by atoms with Crippen LogP contribution in [0.25, 0.3) is 0 Å². The van der Waals surface area contributed by atoms with Crippen molar-refractivity contribution >= 4 is 31.9 Å². The van der Waals surface area contributed by atoms with Crippen LogP contribution in [-0.2, 0) is 0 Å². The van der Waals surface area contributed by atoms with Crippen LogP contribution in [0.4, 0.5) is 0 Å². The molecule has 1 aromatic carbocycles. The van der Waals surface area contributed by atoms with E-state index >= 15 is 0 Å². The summed E-state index contributed by atoms with van der Waals surface area (Å²) in [4.78, 5) is 0. The van der Waals surface area contributed by atoms with Crippen LogP contribution in [0, 0.1) is 6.92 Å². The fourth-order valence-corrected chi connectivity index (χ4v) is 1.87. The summed E-state index contributed by atoms with van der Waals surface area (Å²) in [6, 6.07) is 6.03. The lowest BCUT2D eigenvalue weighted by Gasteiger charge is -2.09.